The molecule has 0 radical (unpaired) electrons. The number of ether oxygens (including phenoxy) is 2. The van der Waals surface area contributed by atoms with Gasteiger partial charge in [0.2, 0.25) is 0 Å². The molecule has 0 heterocycles. The third-order valence-electron chi connectivity index (χ3n) is 3.00. The van der Waals surface area contributed by atoms with Gasteiger partial charge in [-0.25, -0.2) is 4.39 Å². The lowest BCUT2D eigenvalue weighted by Crippen LogP contribution is -2.02. The standard InChI is InChI=1S/C16H17FO3S/c1-19-15-7-6-11(8-16(15)20-2)14(18)10-21-13-5-3-4-12(17)9-13/h3-9,14,18H,10H2,1-2H3. The molecule has 0 fully saturated rings. The number of methoxy groups -OCH3 is 2. The fourth-order valence-corrected chi connectivity index (χ4v) is 2.80. The Hall–Kier alpha value is -1.72. The minimum Gasteiger partial charge on any atom is -0.493 e. The molecule has 0 spiro atoms. The van der Waals surface area contributed by atoms with Crippen LogP contribution in [0, 0.1) is 5.82 Å². The van der Waals surface area contributed by atoms with Crippen LogP contribution in [0.5, 0.6) is 11.5 Å². The van der Waals surface area contributed by atoms with E-state index in [-0.39, 0.29) is 5.82 Å². The zero-order valence-corrected chi connectivity index (χ0v) is 12.7. The second-order valence-electron chi connectivity index (χ2n) is 4.40. The molecule has 0 aliphatic carbocycles. The second-order valence-corrected chi connectivity index (χ2v) is 5.49. The van der Waals surface area contributed by atoms with Crippen molar-refractivity contribution in [3.8, 4) is 11.5 Å². The summed E-state index contributed by atoms with van der Waals surface area (Å²) in [7, 11) is 3.11. The number of thioether (sulfide) groups is 1. The van der Waals surface area contributed by atoms with Gasteiger partial charge in [-0.05, 0) is 35.9 Å². The minimum absolute atomic E-state index is 0.277. The Morgan fingerprint density at radius 1 is 1.10 bits per heavy atom. The Morgan fingerprint density at radius 2 is 1.86 bits per heavy atom. The van der Waals surface area contributed by atoms with Crippen molar-refractivity contribution >= 4 is 11.8 Å². The molecule has 2 rings (SSSR count). The van der Waals surface area contributed by atoms with Crippen LogP contribution in [-0.2, 0) is 0 Å². The molecule has 3 nitrogen and oxygen atoms in total. The third kappa shape index (κ3) is 4.12. The van der Waals surface area contributed by atoms with Crippen molar-refractivity contribution in [3.63, 3.8) is 0 Å². The van der Waals surface area contributed by atoms with E-state index in [2.05, 4.69) is 0 Å². The molecule has 1 N–H and O–H groups in total. The lowest BCUT2D eigenvalue weighted by molar-refractivity contribution is 0.203. The second kappa shape index (κ2) is 7.33. The normalized spacial score (nSPS) is 12.0. The number of halogens is 1. The number of aliphatic hydroxyl groups is 1. The van der Waals surface area contributed by atoms with Gasteiger partial charge in [-0.2, -0.15) is 0 Å². The smallest absolute Gasteiger partial charge is 0.161 e. The van der Waals surface area contributed by atoms with Gasteiger partial charge in [0, 0.05) is 10.6 Å². The van der Waals surface area contributed by atoms with Gasteiger partial charge in [0.15, 0.2) is 11.5 Å². The summed E-state index contributed by atoms with van der Waals surface area (Å²) in [6, 6.07) is 11.6. The molecule has 0 aliphatic rings. The molecule has 0 aliphatic heterocycles. The van der Waals surface area contributed by atoms with Crippen LogP contribution in [-0.4, -0.2) is 25.1 Å². The van der Waals surface area contributed by atoms with Crippen LogP contribution in [0.4, 0.5) is 4.39 Å². The number of hydrogen-bond donors (Lipinski definition) is 1. The van der Waals surface area contributed by atoms with Crippen molar-refractivity contribution in [1.82, 2.24) is 0 Å². The summed E-state index contributed by atoms with van der Waals surface area (Å²) >= 11 is 1.40. The third-order valence-corrected chi connectivity index (χ3v) is 4.07. The molecule has 1 unspecified atom stereocenters. The molecule has 2 aromatic rings. The molecule has 0 saturated carbocycles. The highest BCUT2D eigenvalue weighted by Gasteiger charge is 2.12. The van der Waals surface area contributed by atoms with Crippen LogP contribution >= 0.6 is 11.8 Å². The molecular weight excluding hydrogens is 291 g/mol. The molecule has 2 aromatic carbocycles. The molecular formula is C16H17FO3S. The molecule has 0 bridgehead atoms. The summed E-state index contributed by atoms with van der Waals surface area (Å²) in [5.41, 5.74) is 0.733. The number of benzene rings is 2. The first-order chi connectivity index (χ1) is 10.1. The van der Waals surface area contributed by atoms with E-state index < -0.39 is 6.10 Å². The molecule has 0 aromatic heterocycles. The summed E-state index contributed by atoms with van der Waals surface area (Å²) in [5, 5.41) is 10.2. The highest BCUT2D eigenvalue weighted by atomic mass is 32.2. The van der Waals surface area contributed by atoms with Gasteiger partial charge in [-0.3, -0.25) is 0 Å². The van der Waals surface area contributed by atoms with E-state index in [0.29, 0.717) is 17.3 Å². The van der Waals surface area contributed by atoms with E-state index in [0.717, 1.165) is 10.5 Å². The molecule has 0 saturated heterocycles. The Balaban J connectivity index is 2.04. The Morgan fingerprint density at radius 3 is 2.52 bits per heavy atom. The van der Waals surface area contributed by atoms with Gasteiger partial charge in [-0.1, -0.05) is 12.1 Å². The van der Waals surface area contributed by atoms with Crippen molar-refractivity contribution in [2.45, 2.75) is 11.0 Å². The molecule has 112 valence electrons. The molecule has 1 atom stereocenters. The number of hydrogen-bond acceptors (Lipinski definition) is 4. The summed E-state index contributed by atoms with van der Waals surface area (Å²) in [6.45, 7) is 0. The van der Waals surface area contributed by atoms with Crippen molar-refractivity contribution < 1.29 is 19.0 Å². The van der Waals surface area contributed by atoms with E-state index in [1.807, 2.05) is 6.07 Å². The summed E-state index contributed by atoms with van der Waals surface area (Å²) in [6.07, 6.45) is -0.668. The summed E-state index contributed by atoms with van der Waals surface area (Å²) < 4.78 is 23.5. The number of aliphatic hydroxyl groups excluding tert-OH is 1. The van der Waals surface area contributed by atoms with Gasteiger partial charge in [-0.15, -0.1) is 11.8 Å². The van der Waals surface area contributed by atoms with E-state index in [4.69, 9.17) is 9.47 Å². The van der Waals surface area contributed by atoms with Crippen molar-refractivity contribution in [3.05, 3.63) is 53.8 Å². The Bertz CT molecular complexity index is 604. The highest BCUT2D eigenvalue weighted by Crippen LogP contribution is 2.32. The fourth-order valence-electron chi connectivity index (χ4n) is 1.89. The maximum Gasteiger partial charge on any atom is 0.161 e. The lowest BCUT2D eigenvalue weighted by Gasteiger charge is -2.14. The monoisotopic (exact) mass is 308 g/mol. The van der Waals surface area contributed by atoms with Crippen molar-refractivity contribution in [2.24, 2.45) is 0 Å². The van der Waals surface area contributed by atoms with Crippen LogP contribution in [0.1, 0.15) is 11.7 Å². The topological polar surface area (TPSA) is 38.7 Å². The van der Waals surface area contributed by atoms with E-state index >= 15 is 0 Å². The molecule has 5 heteroatoms. The van der Waals surface area contributed by atoms with Crippen LogP contribution in [0.3, 0.4) is 0 Å². The Kier molecular flexibility index (Phi) is 5.47. The largest absolute Gasteiger partial charge is 0.493 e. The minimum atomic E-state index is -0.668. The van der Waals surface area contributed by atoms with Crippen LogP contribution in [0.2, 0.25) is 0 Å². The van der Waals surface area contributed by atoms with Crippen molar-refractivity contribution in [1.29, 1.82) is 0 Å². The maximum absolute atomic E-state index is 13.1. The average Bonchev–Trinajstić information content (AvgIpc) is 2.52. The predicted octanol–water partition coefficient (Wildman–Crippen LogP) is 3.67. The zero-order valence-electron chi connectivity index (χ0n) is 11.9. The Labute approximate surface area is 127 Å². The fraction of sp³-hybridized carbons (Fsp3) is 0.250. The molecule has 21 heavy (non-hydrogen) atoms. The summed E-state index contributed by atoms with van der Waals surface area (Å²) in [5.74, 6) is 1.34. The zero-order chi connectivity index (χ0) is 15.2. The van der Waals surface area contributed by atoms with Crippen molar-refractivity contribution in [2.75, 3.05) is 20.0 Å². The van der Waals surface area contributed by atoms with Gasteiger partial charge >= 0.3 is 0 Å². The maximum atomic E-state index is 13.1. The first-order valence-corrected chi connectivity index (χ1v) is 7.41. The average molecular weight is 308 g/mol. The molecule has 0 amide bonds. The highest BCUT2D eigenvalue weighted by molar-refractivity contribution is 7.99. The van der Waals surface area contributed by atoms with Crippen LogP contribution in [0.25, 0.3) is 0 Å². The predicted molar refractivity (Wildman–Crippen MR) is 81.6 cm³/mol. The van der Waals surface area contributed by atoms with E-state index in [1.54, 1.807) is 38.5 Å². The first-order valence-electron chi connectivity index (χ1n) is 6.42. The van der Waals surface area contributed by atoms with Crippen LogP contribution < -0.4 is 9.47 Å². The lowest BCUT2D eigenvalue weighted by atomic mass is 10.1. The number of rotatable bonds is 6. The van der Waals surface area contributed by atoms with E-state index in [9.17, 15) is 9.50 Å². The van der Waals surface area contributed by atoms with Gasteiger partial charge in [0.25, 0.3) is 0 Å². The van der Waals surface area contributed by atoms with Crippen LogP contribution in [0.15, 0.2) is 47.4 Å². The quantitative estimate of drug-likeness (QED) is 0.827. The van der Waals surface area contributed by atoms with Gasteiger partial charge in [0.1, 0.15) is 5.82 Å². The van der Waals surface area contributed by atoms with Gasteiger partial charge in [0.05, 0.1) is 20.3 Å². The SMILES string of the molecule is COc1ccc(C(O)CSc2cccc(F)c2)cc1OC. The first kappa shape index (κ1) is 15.7. The van der Waals surface area contributed by atoms with Gasteiger partial charge < -0.3 is 14.6 Å². The summed E-state index contributed by atoms with van der Waals surface area (Å²) in [4.78, 5) is 0.787. The van der Waals surface area contributed by atoms with E-state index in [1.165, 1.54) is 23.9 Å².